The average molecular weight is 337 g/mol. The minimum atomic E-state index is -1.14. The predicted octanol–water partition coefficient (Wildman–Crippen LogP) is 3.54. The number of aromatic hydroxyl groups is 1. The maximum absolute atomic E-state index is 11.2. The number of carbonyl (C=O) groups is 1. The summed E-state index contributed by atoms with van der Waals surface area (Å²) in [6.45, 7) is 5.88. The molecule has 2 N–H and O–H groups in total. The highest BCUT2D eigenvalue weighted by Gasteiger charge is 2.20. The Morgan fingerprint density at radius 2 is 1.92 bits per heavy atom. The zero-order valence-corrected chi connectivity index (χ0v) is 14.3. The van der Waals surface area contributed by atoms with E-state index in [2.05, 4.69) is 35.1 Å². The molecule has 128 valence electrons. The third-order valence-corrected chi connectivity index (χ3v) is 4.32. The molecule has 3 rings (SSSR count). The van der Waals surface area contributed by atoms with Gasteiger partial charge in [0.1, 0.15) is 11.3 Å². The minimum absolute atomic E-state index is 0.0958. The van der Waals surface area contributed by atoms with E-state index in [1.54, 1.807) is 6.07 Å². The second kappa shape index (κ2) is 6.81. The van der Waals surface area contributed by atoms with E-state index in [1.807, 2.05) is 24.3 Å². The summed E-state index contributed by atoms with van der Waals surface area (Å²) in [5.74, 6) is -0.314. The largest absolute Gasteiger partial charge is 0.507 e. The van der Waals surface area contributed by atoms with Gasteiger partial charge in [0.2, 0.25) is 0 Å². The van der Waals surface area contributed by atoms with Gasteiger partial charge in [-0.1, -0.05) is 18.2 Å². The maximum Gasteiger partial charge on any atom is 0.339 e. The van der Waals surface area contributed by atoms with E-state index in [1.165, 1.54) is 23.2 Å². The van der Waals surface area contributed by atoms with Crippen molar-refractivity contribution in [1.82, 2.24) is 4.57 Å². The predicted molar refractivity (Wildman–Crippen MR) is 97.5 cm³/mol. The van der Waals surface area contributed by atoms with Crippen LogP contribution in [0.1, 0.15) is 35.6 Å². The molecule has 3 aromatic rings. The lowest BCUT2D eigenvalue weighted by Crippen LogP contribution is -2.35. The molecule has 1 aromatic heterocycles. The first-order valence-electron chi connectivity index (χ1n) is 8.32. The van der Waals surface area contributed by atoms with Gasteiger partial charge in [-0.15, -0.1) is 0 Å². The molecule has 25 heavy (non-hydrogen) atoms. The fourth-order valence-electron chi connectivity index (χ4n) is 3.16. The van der Waals surface area contributed by atoms with Crippen molar-refractivity contribution in [2.75, 3.05) is 0 Å². The van der Waals surface area contributed by atoms with E-state index in [9.17, 15) is 9.90 Å². The quantitative estimate of drug-likeness (QED) is 0.700. The Morgan fingerprint density at radius 1 is 1.16 bits per heavy atom. The Kier molecular flexibility index (Phi) is 4.57. The van der Waals surface area contributed by atoms with Crippen LogP contribution in [0.4, 0.5) is 0 Å². The summed E-state index contributed by atoms with van der Waals surface area (Å²) in [7, 11) is 0. The number of imidazole rings is 1. The van der Waals surface area contributed by atoms with Crippen LogP contribution >= 0.6 is 0 Å². The summed E-state index contributed by atoms with van der Waals surface area (Å²) < 4.78 is 4.46. The van der Waals surface area contributed by atoms with E-state index in [4.69, 9.17) is 5.11 Å². The fourth-order valence-corrected chi connectivity index (χ4v) is 3.16. The second-order valence-electron chi connectivity index (χ2n) is 5.75. The molecule has 2 aromatic carbocycles. The maximum atomic E-state index is 11.2. The Morgan fingerprint density at radius 3 is 2.60 bits per heavy atom. The number of aromatic nitrogens is 2. The molecule has 0 fully saturated rings. The lowest BCUT2D eigenvalue weighted by atomic mass is 10.1. The van der Waals surface area contributed by atoms with Crippen LogP contribution in [-0.4, -0.2) is 20.7 Å². The van der Waals surface area contributed by atoms with Gasteiger partial charge in [0.25, 0.3) is 5.82 Å². The highest BCUT2D eigenvalue weighted by molar-refractivity contribution is 5.91. The zero-order chi connectivity index (χ0) is 18.0. The van der Waals surface area contributed by atoms with Crippen molar-refractivity contribution in [1.29, 1.82) is 0 Å². The van der Waals surface area contributed by atoms with E-state index >= 15 is 0 Å². The SMILES string of the molecule is CCn1c(C=Cc2ccc(O)c(C(=O)O)c2)[n+](CC)c2ccccc21. The molecule has 0 aliphatic heterocycles. The molecule has 0 saturated carbocycles. The number of aryl methyl sites for hydroxylation is 2. The number of hydrogen-bond acceptors (Lipinski definition) is 2. The van der Waals surface area contributed by atoms with Gasteiger partial charge in [-0.3, -0.25) is 0 Å². The number of aromatic carboxylic acids is 1. The van der Waals surface area contributed by atoms with Gasteiger partial charge in [-0.05, 0) is 49.8 Å². The summed E-state index contributed by atoms with van der Waals surface area (Å²) in [4.78, 5) is 11.2. The molecule has 0 aliphatic rings. The molecule has 5 nitrogen and oxygen atoms in total. The number of rotatable bonds is 5. The van der Waals surface area contributed by atoms with Gasteiger partial charge in [0.15, 0.2) is 11.0 Å². The molecule has 0 radical (unpaired) electrons. The molecular formula is C20H21N2O3+. The van der Waals surface area contributed by atoms with E-state index in [0.717, 1.165) is 24.5 Å². The Balaban J connectivity index is 2.10. The summed E-state index contributed by atoms with van der Waals surface area (Å²) >= 11 is 0. The highest BCUT2D eigenvalue weighted by Crippen LogP contribution is 2.21. The normalized spacial score (nSPS) is 11.4. The lowest BCUT2D eigenvalue weighted by molar-refractivity contribution is -0.670. The smallest absolute Gasteiger partial charge is 0.339 e. The number of hydrogen-bond donors (Lipinski definition) is 2. The Hall–Kier alpha value is -3.08. The van der Waals surface area contributed by atoms with Gasteiger partial charge in [0, 0.05) is 6.08 Å². The van der Waals surface area contributed by atoms with Gasteiger partial charge >= 0.3 is 5.97 Å². The van der Waals surface area contributed by atoms with Crippen LogP contribution in [0.5, 0.6) is 5.75 Å². The molecule has 0 atom stereocenters. The van der Waals surface area contributed by atoms with Crippen molar-refractivity contribution in [3.8, 4) is 5.75 Å². The van der Waals surface area contributed by atoms with Gasteiger partial charge in [-0.25, -0.2) is 13.9 Å². The fraction of sp³-hybridized carbons (Fsp3) is 0.200. The molecule has 0 unspecified atom stereocenters. The molecule has 0 spiro atoms. The molecule has 0 bridgehead atoms. The van der Waals surface area contributed by atoms with Crippen molar-refractivity contribution in [3.63, 3.8) is 0 Å². The van der Waals surface area contributed by atoms with Crippen molar-refractivity contribution in [2.24, 2.45) is 0 Å². The number of phenols is 1. The topological polar surface area (TPSA) is 66.3 Å². The molecule has 0 amide bonds. The second-order valence-corrected chi connectivity index (χ2v) is 5.75. The number of nitrogens with zero attached hydrogens (tertiary/aromatic N) is 2. The van der Waals surface area contributed by atoms with Crippen LogP contribution in [0.25, 0.3) is 23.2 Å². The van der Waals surface area contributed by atoms with Gasteiger partial charge in [-0.2, -0.15) is 0 Å². The third-order valence-electron chi connectivity index (χ3n) is 4.32. The standard InChI is InChI=1S/C20H20N2O3/c1-3-21-16-7-5-6-8-17(16)22(4-2)19(21)12-10-14-9-11-18(23)15(13-14)20(24)25/h5-13H,3-4H2,1-2H3,(H,24,25)/p+1. The van der Waals surface area contributed by atoms with Crippen molar-refractivity contribution < 1.29 is 19.6 Å². The number of para-hydroxylation sites is 2. The van der Waals surface area contributed by atoms with Crippen LogP contribution < -0.4 is 4.57 Å². The number of carboxylic acid groups (broad SMARTS) is 1. The van der Waals surface area contributed by atoms with E-state index < -0.39 is 5.97 Å². The van der Waals surface area contributed by atoms with Crippen molar-refractivity contribution in [2.45, 2.75) is 26.9 Å². The van der Waals surface area contributed by atoms with Crippen LogP contribution in [-0.2, 0) is 13.1 Å². The first kappa shape index (κ1) is 16.8. The van der Waals surface area contributed by atoms with Crippen LogP contribution in [0.3, 0.4) is 0 Å². The first-order chi connectivity index (χ1) is 12.1. The lowest BCUT2D eigenvalue weighted by Gasteiger charge is -2.01. The average Bonchev–Trinajstić information content (AvgIpc) is 2.93. The van der Waals surface area contributed by atoms with E-state index in [0.29, 0.717) is 0 Å². The van der Waals surface area contributed by atoms with E-state index in [-0.39, 0.29) is 11.3 Å². The zero-order valence-electron chi connectivity index (χ0n) is 14.3. The molecule has 1 heterocycles. The van der Waals surface area contributed by atoms with Gasteiger partial charge in [0.05, 0.1) is 13.1 Å². The summed E-state index contributed by atoms with van der Waals surface area (Å²) in [6, 6.07) is 12.8. The highest BCUT2D eigenvalue weighted by atomic mass is 16.4. The number of carboxylic acids is 1. The van der Waals surface area contributed by atoms with Crippen molar-refractivity contribution in [3.05, 3.63) is 59.4 Å². The minimum Gasteiger partial charge on any atom is -0.507 e. The third kappa shape index (κ3) is 3.01. The monoisotopic (exact) mass is 337 g/mol. The molecule has 5 heteroatoms. The molecular weight excluding hydrogens is 316 g/mol. The summed E-state index contributed by atoms with van der Waals surface area (Å²) in [6.07, 6.45) is 3.86. The molecule has 0 aliphatic carbocycles. The Bertz CT molecular complexity index is 929. The van der Waals surface area contributed by atoms with Crippen LogP contribution in [0.2, 0.25) is 0 Å². The molecule has 0 saturated heterocycles. The first-order valence-corrected chi connectivity index (χ1v) is 8.32. The number of benzene rings is 2. The van der Waals surface area contributed by atoms with Crippen molar-refractivity contribution >= 4 is 29.2 Å². The van der Waals surface area contributed by atoms with Gasteiger partial charge < -0.3 is 10.2 Å². The van der Waals surface area contributed by atoms with Crippen LogP contribution in [0, 0.1) is 0 Å². The summed E-state index contributed by atoms with van der Waals surface area (Å²) in [5.41, 5.74) is 2.97. The number of fused-ring (bicyclic) bond motifs is 1. The van der Waals surface area contributed by atoms with Crippen LogP contribution in [0.15, 0.2) is 42.5 Å². The summed E-state index contributed by atoms with van der Waals surface area (Å²) in [5, 5.41) is 18.8. The Labute approximate surface area is 146 Å².